The molecule has 0 atom stereocenters. The van der Waals surface area contributed by atoms with Gasteiger partial charge in [0.05, 0.1) is 13.7 Å². The van der Waals surface area contributed by atoms with Gasteiger partial charge in [0.2, 0.25) is 0 Å². The second-order valence-corrected chi connectivity index (χ2v) is 17.2. The summed E-state index contributed by atoms with van der Waals surface area (Å²) in [6, 6.07) is 33.6. The molecule has 5 heteroatoms. The molecule has 0 aliphatic heterocycles. The first-order chi connectivity index (χ1) is 19.9. The monoisotopic (exact) mass is 745 g/mol. The number of aryl methyl sites for hydroxylation is 1. The summed E-state index contributed by atoms with van der Waals surface area (Å²) in [7, 11) is -1.37. The van der Waals surface area contributed by atoms with Crippen LogP contribution in [0.15, 0.2) is 95.7 Å². The van der Waals surface area contributed by atoms with E-state index in [1.165, 1.54) is 47.4 Å². The van der Waals surface area contributed by atoms with Crippen LogP contribution in [-0.4, -0.2) is 18.0 Å². The molecule has 3 heterocycles. The average Bonchev–Trinajstić information content (AvgIpc) is 3.66. The fourth-order valence-corrected chi connectivity index (χ4v) is 6.79. The molecular weight excluding hydrogens is 709 g/mol. The van der Waals surface area contributed by atoms with Crippen molar-refractivity contribution in [2.24, 2.45) is 0 Å². The van der Waals surface area contributed by atoms with Gasteiger partial charge in [-0.1, -0.05) is 85.0 Å². The molecule has 7 rings (SSSR count). The number of aromatic nitrogens is 2. The van der Waals surface area contributed by atoms with Crippen LogP contribution >= 0.6 is 0 Å². The molecule has 3 aromatic carbocycles. The predicted molar refractivity (Wildman–Crippen MR) is 173 cm³/mol. The molecule has 0 amide bonds. The number of rotatable bonds is 4. The first-order valence-electron chi connectivity index (χ1n) is 14.6. The van der Waals surface area contributed by atoms with E-state index in [0.29, 0.717) is 5.92 Å². The Morgan fingerprint density at radius 3 is 2.24 bits per heavy atom. The normalized spacial score (nSPS) is 13.5. The van der Waals surface area contributed by atoms with Crippen molar-refractivity contribution in [3.63, 3.8) is 0 Å². The summed E-state index contributed by atoms with van der Waals surface area (Å²) in [5.74, 6) is 0.688. The number of furan rings is 1. The molecule has 0 saturated heterocycles. The molecule has 3 aromatic heterocycles. The van der Waals surface area contributed by atoms with E-state index in [1.54, 1.807) is 0 Å². The van der Waals surface area contributed by atoms with Crippen LogP contribution in [0.2, 0.25) is 19.6 Å². The summed E-state index contributed by atoms with van der Waals surface area (Å²) < 4.78 is 6.28. The van der Waals surface area contributed by atoms with Crippen LogP contribution in [0.5, 0.6) is 0 Å². The van der Waals surface area contributed by atoms with Gasteiger partial charge < -0.3 is 14.4 Å². The van der Waals surface area contributed by atoms with Gasteiger partial charge in [-0.3, -0.25) is 0 Å². The minimum atomic E-state index is -1.37. The van der Waals surface area contributed by atoms with E-state index >= 15 is 0 Å². The van der Waals surface area contributed by atoms with Gasteiger partial charge in [-0.2, -0.15) is 0 Å². The Morgan fingerprint density at radius 2 is 1.57 bits per heavy atom. The predicted octanol–water partition coefficient (Wildman–Crippen LogP) is 9.51. The van der Waals surface area contributed by atoms with E-state index in [0.717, 1.165) is 39.1 Å². The van der Waals surface area contributed by atoms with Crippen molar-refractivity contribution < 1.29 is 24.5 Å². The third-order valence-corrected chi connectivity index (χ3v) is 10.1. The van der Waals surface area contributed by atoms with Gasteiger partial charge in [0.15, 0.2) is 0 Å². The summed E-state index contributed by atoms with van der Waals surface area (Å²) in [4.78, 5) is 9.10. The van der Waals surface area contributed by atoms with Crippen LogP contribution in [0.1, 0.15) is 42.7 Å². The van der Waals surface area contributed by atoms with Crippen LogP contribution in [0.4, 0.5) is 0 Å². The zero-order valence-corrected chi connectivity index (χ0v) is 28.1. The maximum Gasteiger partial charge on any atom is 0.120 e. The third-order valence-electron chi connectivity index (χ3n) is 8.06. The molecule has 3 nitrogen and oxygen atoms in total. The molecule has 0 spiro atoms. The molecule has 1 fully saturated rings. The Balaban J connectivity index is 0.000000212. The van der Waals surface area contributed by atoms with E-state index in [4.69, 9.17) is 9.40 Å². The molecule has 0 N–H and O–H groups in total. The molecule has 42 heavy (non-hydrogen) atoms. The Bertz CT molecular complexity index is 1770. The van der Waals surface area contributed by atoms with Crippen molar-refractivity contribution in [3.05, 3.63) is 115 Å². The largest absolute Gasteiger partial charge is 0.501 e. The number of hydrogen-bond acceptors (Lipinski definition) is 3. The smallest absolute Gasteiger partial charge is 0.120 e. The molecule has 0 bridgehead atoms. The third kappa shape index (κ3) is 6.49. The zero-order chi connectivity index (χ0) is 28.4. The summed E-state index contributed by atoms with van der Waals surface area (Å²) >= 11 is 0. The van der Waals surface area contributed by atoms with Gasteiger partial charge >= 0.3 is 0 Å². The summed E-state index contributed by atoms with van der Waals surface area (Å²) in [6.07, 6.45) is 9.22. The van der Waals surface area contributed by atoms with Gasteiger partial charge in [0.25, 0.3) is 0 Å². The van der Waals surface area contributed by atoms with Gasteiger partial charge in [-0.15, -0.1) is 54.1 Å². The topological polar surface area (TPSA) is 38.9 Å². The minimum Gasteiger partial charge on any atom is -0.501 e. The van der Waals surface area contributed by atoms with Crippen molar-refractivity contribution in [1.82, 2.24) is 9.97 Å². The standard InChI is InChI=1S/C25H26NOSi.C12H10N.Ir/c1-28(2,3)19-12-14-24-22(15-19)20-9-6-10-21(25(20)27-24)23-13-11-18(16-26-23)17-7-4-5-8-17;1-10-7-8-12(13-9-10)11-5-3-2-4-6-11;/h6,9,11-17H,4-5,7-8H2,1-3H3;2-5,7-9H,1H3;/q2*-1;. The zero-order valence-electron chi connectivity index (χ0n) is 24.7. The van der Waals surface area contributed by atoms with Crippen LogP contribution in [0.25, 0.3) is 44.5 Å². The maximum absolute atomic E-state index is 6.28. The number of hydrogen-bond donors (Lipinski definition) is 0. The molecular formula is C37H36IrN2OSi-2. The van der Waals surface area contributed by atoms with E-state index in [1.807, 2.05) is 49.5 Å². The average molecular weight is 745 g/mol. The molecule has 1 aliphatic rings. The number of fused-ring (bicyclic) bond motifs is 3. The van der Waals surface area contributed by atoms with E-state index in [9.17, 15) is 0 Å². The Morgan fingerprint density at radius 1 is 0.786 bits per heavy atom. The van der Waals surface area contributed by atoms with Gasteiger partial charge in [0, 0.05) is 37.9 Å². The van der Waals surface area contributed by atoms with Crippen molar-refractivity contribution >= 4 is 35.2 Å². The summed E-state index contributed by atoms with van der Waals surface area (Å²) in [5, 5.41) is 3.81. The van der Waals surface area contributed by atoms with Gasteiger partial charge in [0.1, 0.15) is 5.58 Å². The second kappa shape index (κ2) is 12.9. The molecule has 6 aromatic rings. The van der Waals surface area contributed by atoms with Crippen molar-refractivity contribution in [2.75, 3.05) is 0 Å². The molecule has 1 saturated carbocycles. The van der Waals surface area contributed by atoms with Crippen LogP contribution in [0, 0.1) is 19.1 Å². The Kier molecular flexibility index (Phi) is 9.22. The Hall–Kier alpha value is -3.37. The first kappa shape index (κ1) is 30.1. The van der Waals surface area contributed by atoms with E-state index in [-0.39, 0.29) is 20.1 Å². The van der Waals surface area contributed by atoms with E-state index < -0.39 is 8.07 Å². The minimum absolute atomic E-state index is 0. The van der Waals surface area contributed by atoms with Crippen LogP contribution < -0.4 is 5.19 Å². The summed E-state index contributed by atoms with van der Waals surface area (Å²) in [6.45, 7) is 9.17. The SMILES string of the molecule is C[Si](C)(C)c1ccc2oc3c(-c4ccc(C5CCCC5)cn4)[c-]ccc3c2c1.Cc1ccc(-c2[c-]cccc2)nc1.[Ir]. The Labute approximate surface area is 263 Å². The van der Waals surface area contributed by atoms with Crippen LogP contribution in [0.3, 0.4) is 0 Å². The van der Waals surface area contributed by atoms with Crippen molar-refractivity contribution in [2.45, 2.75) is 58.2 Å². The second-order valence-electron chi connectivity index (χ2n) is 12.1. The number of nitrogens with zero attached hydrogens (tertiary/aromatic N) is 2. The van der Waals surface area contributed by atoms with Crippen molar-refractivity contribution in [1.29, 1.82) is 0 Å². The first-order valence-corrected chi connectivity index (χ1v) is 18.1. The quantitative estimate of drug-likeness (QED) is 0.133. The van der Waals surface area contributed by atoms with Gasteiger partial charge in [-0.25, -0.2) is 0 Å². The van der Waals surface area contributed by atoms with Crippen LogP contribution in [-0.2, 0) is 20.1 Å². The molecule has 1 radical (unpaired) electrons. The van der Waals surface area contributed by atoms with Gasteiger partial charge in [-0.05, 0) is 54.3 Å². The molecule has 0 unspecified atom stereocenters. The maximum atomic E-state index is 6.28. The fraction of sp³-hybridized carbons (Fsp3) is 0.243. The number of pyridine rings is 2. The molecule has 1 aliphatic carbocycles. The van der Waals surface area contributed by atoms with E-state index in [2.05, 4.69) is 85.4 Å². The van der Waals surface area contributed by atoms with Crippen molar-refractivity contribution in [3.8, 4) is 22.5 Å². The fourth-order valence-electron chi connectivity index (χ4n) is 5.63. The number of benzene rings is 3. The summed E-state index contributed by atoms with van der Waals surface area (Å²) in [5.41, 5.74) is 8.32. The molecule has 215 valence electrons.